The molecule has 0 amide bonds. The van der Waals surface area contributed by atoms with Gasteiger partial charge in [0, 0.05) is 19.0 Å². The number of nitrogens with zero attached hydrogens (tertiary/aromatic N) is 2. The van der Waals surface area contributed by atoms with Crippen LogP contribution in [0.4, 0.5) is 0 Å². The minimum Gasteiger partial charge on any atom is -0.300 e. The summed E-state index contributed by atoms with van der Waals surface area (Å²) >= 11 is 0. The molecule has 0 aromatic rings. The first-order valence-corrected chi connectivity index (χ1v) is 5.37. The quantitative estimate of drug-likeness (QED) is 0.662. The van der Waals surface area contributed by atoms with Crippen molar-refractivity contribution in [3.8, 4) is 6.07 Å². The maximum absolute atomic E-state index is 8.71. The molecular weight excluding hydrogens is 160 g/mol. The Labute approximate surface area is 80.5 Å². The van der Waals surface area contributed by atoms with Crippen molar-refractivity contribution in [2.45, 2.75) is 45.1 Å². The lowest BCUT2D eigenvalue weighted by Gasteiger charge is -2.25. The van der Waals surface area contributed by atoms with E-state index in [-0.39, 0.29) is 0 Å². The first-order valence-electron chi connectivity index (χ1n) is 5.37. The second-order valence-electron chi connectivity index (χ2n) is 4.80. The molecule has 72 valence electrons. The molecule has 2 aliphatic rings. The summed E-state index contributed by atoms with van der Waals surface area (Å²) in [5, 5.41) is 8.71. The lowest BCUT2D eigenvalue weighted by Crippen LogP contribution is -2.32. The van der Waals surface area contributed by atoms with Gasteiger partial charge in [0.05, 0.1) is 6.07 Å². The molecule has 0 bridgehead atoms. The van der Waals surface area contributed by atoms with Crippen molar-refractivity contribution in [2.24, 2.45) is 5.41 Å². The molecule has 1 atom stereocenters. The zero-order valence-electron chi connectivity index (χ0n) is 8.42. The smallest absolute Gasteiger partial charge is 0.0628 e. The third-order valence-electron chi connectivity index (χ3n) is 3.64. The zero-order chi connectivity index (χ0) is 9.31. The Kier molecular flexibility index (Phi) is 2.29. The van der Waals surface area contributed by atoms with Crippen molar-refractivity contribution < 1.29 is 0 Å². The molecule has 1 saturated heterocycles. The predicted molar refractivity (Wildman–Crippen MR) is 52.2 cm³/mol. The van der Waals surface area contributed by atoms with Crippen LogP contribution in [-0.4, -0.2) is 24.0 Å². The number of likely N-dealkylation sites (tertiary alicyclic amines) is 1. The molecule has 2 heteroatoms. The fraction of sp³-hybridized carbons (Fsp3) is 0.909. The Morgan fingerprint density at radius 2 is 2.31 bits per heavy atom. The van der Waals surface area contributed by atoms with Gasteiger partial charge in [0.25, 0.3) is 0 Å². The van der Waals surface area contributed by atoms with Gasteiger partial charge in [-0.05, 0) is 44.6 Å². The van der Waals surface area contributed by atoms with E-state index < -0.39 is 0 Å². The second kappa shape index (κ2) is 3.31. The Morgan fingerprint density at radius 1 is 1.54 bits per heavy atom. The van der Waals surface area contributed by atoms with E-state index >= 15 is 0 Å². The fourth-order valence-electron chi connectivity index (χ4n) is 2.39. The van der Waals surface area contributed by atoms with Crippen LogP contribution in [-0.2, 0) is 0 Å². The Morgan fingerprint density at radius 3 is 2.77 bits per heavy atom. The summed E-state index contributed by atoms with van der Waals surface area (Å²) < 4.78 is 0. The van der Waals surface area contributed by atoms with Gasteiger partial charge in [-0.2, -0.15) is 5.26 Å². The zero-order valence-corrected chi connectivity index (χ0v) is 8.42. The third kappa shape index (κ3) is 1.86. The van der Waals surface area contributed by atoms with Crippen LogP contribution in [0.15, 0.2) is 0 Å². The van der Waals surface area contributed by atoms with E-state index in [0.717, 1.165) is 12.5 Å². The summed E-state index contributed by atoms with van der Waals surface area (Å²) in [6, 6.07) is 3.09. The second-order valence-corrected chi connectivity index (χ2v) is 4.80. The fourth-order valence-corrected chi connectivity index (χ4v) is 2.39. The van der Waals surface area contributed by atoms with Crippen molar-refractivity contribution in [2.75, 3.05) is 13.1 Å². The van der Waals surface area contributed by atoms with E-state index in [1.165, 1.54) is 38.8 Å². The van der Waals surface area contributed by atoms with E-state index in [4.69, 9.17) is 5.26 Å². The molecule has 2 fully saturated rings. The minimum atomic E-state index is 0.410. The van der Waals surface area contributed by atoms with Gasteiger partial charge >= 0.3 is 0 Å². The van der Waals surface area contributed by atoms with Crippen LogP contribution in [0.5, 0.6) is 0 Å². The predicted octanol–water partition coefficient (Wildman–Crippen LogP) is 2.16. The summed E-state index contributed by atoms with van der Waals surface area (Å²) in [6.07, 6.45) is 6.04. The summed E-state index contributed by atoms with van der Waals surface area (Å²) in [5.41, 5.74) is 0.410. The van der Waals surface area contributed by atoms with Crippen LogP contribution in [0.25, 0.3) is 0 Å². The average molecular weight is 178 g/mol. The molecule has 2 rings (SSSR count). The third-order valence-corrected chi connectivity index (χ3v) is 3.64. The molecule has 13 heavy (non-hydrogen) atoms. The van der Waals surface area contributed by atoms with Gasteiger partial charge in [0.15, 0.2) is 0 Å². The maximum Gasteiger partial charge on any atom is 0.0628 e. The molecule has 0 radical (unpaired) electrons. The standard InChI is InChI=1S/C11H18N2/c1-10-3-2-8-13(10)9-11(4-5-11)6-7-12/h10H,2-6,8-9H2,1H3. The van der Waals surface area contributed by atoms with Crippen LogP contribution in [0, 0.1) is 16.7 Å². The average Bonchev–Trinajstić information content (AvgIpc) is 2.73. The highest BCUT2D eigenvalue weighted by molar-refractivity contribution is 5.02. The molecule has 0 spiro atoms. The Bertz CT molecular complexity index is 225. The molecule has 1 saturated carbocycles. The molecular formula is C11H18N2. The van der Waals surface area contributed by atoms with Gasteiger partial charge in [-0.15, -0.1) is 0 Å². The summed E-state index contributed by atoms with van der Waals surface area (Å²) in [4.78, 5) is 2.57. The van der Waals surface area contributed by atoms with Gasteiger partial charge in [-0.3, -0.25) is 0 Å². The van der Waals surface area contributed by atoms with Crippen LogP contribution < -0.4 is 0 Å². The van der Waals surface area contributed by atoms with Crippen LogP contribution in [0.1, 0.15) is 39.0 Å². The van der Waals surface area contributed by atoms with Gasteiger partial charge in [-0.1, -0.05) is 0 Å². The number of hydrogen-bond donors (Lipinski definition) is 0. The van der Waals surface area contributed by atoms with Gasteiger partial charge in [0.1, 0.15) is 0 Å². The maximum atomic E-state index is 8.71. The number of nitriles is 1. The molecule has 1 heterocycles. The largest absolute Gasteiger partial charge is 0.300 e. The van der Waals surface area contributed by atoms with Crippen molar-refractivity contribution in [1.82, 2.24) is 4.90 Å². The molecule has 0 N–H and O–H groups in total. The molecule has 0 aromatic carbocycles. The summed E-state index contributed by atoms with van der Waals surface area (Å²) in [6.45, 7) is 4.76. The van der Waals surface area contributed by atoms with Gasteiger partial charge < -0.3 is 4.90 Å². The Hall–Kier alpha value is -0.550. The normalized spacial score (nSPS) is 31.5. The van der Waals surface area contributed by atoms with Crippen molar-refractivity contribution >= 4 is 0 Å². The molecule has 1 aliphatic heterocycles. The van der Waals surface area contributed by atoms with E-state index in [1.807, 2.05) is 0 Å². The van der Waals surface area contributed by atoms with Crippen molar-refractivity contribution in [1.29, 1.82) is 5.26 Å². The van der Waals surface area contributed by atoms with E-state index in [1.54, 1.807) is 0 Å². The van der Waals surface area contributed by atoms with E-state index in [2.05, 4.69) is 17.9 Å². The lowest BCUT2D eigenvalue weighted by molar-refractivity contribution is 0.215. The first-order chi connectivity index (χ1) is 6.26. The van der Waals surface area contributed by atoms with E-state index in [0.29, 0.717) is 5.41 Å². The first kappa shape index (κ1) is 9.02. The highest BCUT2D eigenvalue weighted by atomic mass is 15.2. The summed E-state index contributed by atoms with van der Waals surface area (Å²) in [7, 11) is 0. The highest BCUT2D eigenvalue weighted by Crippen LogP contribution is 2.49. The van der Waals surface area contributed by atoms with Crippen molar-refractivity contribution in [3.63, 3.8) is 0 Å². The topological polar surface area (TPSA) is 27.0 Å². The Balaban J connectivity index is 1.87. The number of hydrogen-bond acceptors (Lipinski definition) is 2. The molecule has 2 nitrogen and oxygen atoms in total. The minimum absolute atomic E-state index is 0.410. The van der Waals surface area contributed by atoms with Crippen LogP contribution >= 0.6 is 0 Å². The van der Waals surface area contributed by atoms with Crippen LogP contribution in [0.3, 0.4) is 0 Å². The van der Waals surface area contributed by atoms with Gasteiger partial charge in [0.2, 0.25) is 0 Å². The molecule has 1 unspecified atom stereocenters. The van der Waals surface area contributed by atoms with Crippen LogP contribution in [0.2, 0.25) is 0 Å². The van der Waals surface area contributed by atoms with Crippen molar-refractivity contribution in [3.05, 3.63) is 0 Å². The summed E-state index contributed by atoms with van der Waals surface area (Å²) in [5.74, 6) is 0. The highest BCUT2D eigenvalue weighted by Gasteiger charge is 2.44. The SMILES string of the molecule is CC1CCCN1CC1(CC#N)CC1. The molecule has 0 aromatic heterocycles. The van der Waals surface area contributed by atoms with Gasteiger partial charge in [-0.25, -0.2) is 0 Å². The lowest BCUT2D eigenvalue weighted by atomic mass is 10.0. The number of rotatable bonds is 3. The monoisotopic (exact) mass is 178 g/mol. The van der Waals surface area contributed by atoms with E-state index in [9.17, 15) is 0 Å². The molecule has 1 aliphatic carbocycles.